The summed E-state index contributed by atoms with van der Waals surface area (Å²) in [5, 5.41) is 6.94. The van der Waals surface area contributed by atoms with E-state index in [1.807, 2.05) is 32.0 Å². The van der Waals surface area contributed by atoms with Crippen molar-refractivity contribution in [2.45, 2.75) is 20.3 Å². The van der Waals surface area contributed by atoms with Crippen molar-refractivity contribution < 1.29 is 19.1 Å². The summed E-state index contributed by atoms with van der Waals surface area (Å²) in [6.07, 6.45) is 2.42. The minimum Gasteiger partial charge on any atom is -0.490 e. The van der Waals surface area contributed by atoms with Gasteiger partial charge in [-0.05, 0) is 43.7 Å². The number of rotatable bonds is 10. The number of anilines is 1. The van der Waals surface area contributed by atoms with Crippen LogP contribution in [0.25, 0.3) is 0 Å². The van der Waals surface area contributed by atoms with Crippen LogP contribution in [0.2, 0.25) is 5.02 Å². The predicted octanol–water partition coefficient (Wildman–Crippen LogP) is 4.52. The first-order valence-electron chi connectivity index (χ1n) is 8.73. The summed E-state index contributed by atoms with van der Waals surface area (Å²) in [6, 6.07) is 12.4. The zero-order valence-electron chi connectivity index (χ0n) is 15.4. The van der Waals surface area contributed by atoms with Gasteiger partial charge in [-0.3, -0.25) is 4.79 Å². The van der Waals surface area contributed by atoms with Crippen LogP contribution in [0.4, 0.5) is 5.69 Å². The van der Waals surface area contributed by atoms with Crippen molar-refractivity contribution in [2.24, 2.45) is 5.16 Å². The molecule has 1 amide bonds. The van der Waals surface area contributed by atoms with E-state index in [-0.39, 0.29) is 12.5 Å². The number of oxime groups is 1. The van der Waals surface area contributed by atoms with Crippen LogP contribution in [0, 0.1) is 0 Å². The molecule has 0 radical (unpaired) electrons. The molecule has 0 atom stereocenters. The second-order valence-corrected chi connectivity index (χ2v) is 5.93. The summed E-state index contributed by atoms with van der Waals surface area (Å²) in [5.74, 6) is 0.987. The van der Waals surface area contributed by atoms with Gasteiger partial charge in [0.1, 0.15) is 0 Å². The number of benzene rings is 2. The highest BCUT2D eigenvalue weighted by molar-refractivity contribution is 6.33. The van der Waals surface area contributed by atoms with Crippen LogP contribution < -0.4 is 14.8 Å². The fourth-order valence-electron chi connectivity index (χ4n) is 2.15. The number of nitrogens with zero attached hydrogens (tertiary/aromatic N) is 1. The van der Waals surface area contributed by atoms with E-state index >= 15 is 0 Å². The molecule has 0 heterocycles. The largest absolute Gasteiger partial charge is 0.490 e. The highest BCUT2D eigenvalue weighted by atomic mass is 35.5. The summed E-state index contributed by atoms with van der Waals surface area (Å²) >= 11 is 5.99. The SMILES string of the molecule is CCCOc1ccc(/C=N/OCC(=O)Nc2ccccc2Cl)cc1OCC. The molecule has 0 spiro atoms. The minimum atomic E-state index is -0.349. The Morgan fingerprint density at radius 3 is 2.70 bits per heavy atom. The second-order valence-electron chi connectivity index (χ2n) is 5.52. The van der Waals surface area contributed by atoms with Crippen LogP contribution in [-0.2, 0) is 9.63 Å². The molecule has 0 unspecified atom stereocenters. The zero-order valence-corrected chi connectivity index (χ0v) is 16.2. The Kier molecular flexibility index (Phi) is 8.45. The van der Waals surface area contributed by atoms with Gasteiger partial charge in [0.05, 0.1) is 30.1 Å². The van der Waals surface area contributed by atoms with Crippen molar-refractivity contribution in [1.82, 2.24) is 0 Å². The van der Waals surface area contributed by atoms with Crippen molar-refractivity contribution in [3.63, 3.8) is 0 Å². The molecule has 144 valence electrons. The van der Waals surface area contributed by atoms with Crippen LogP contribution in [-0.4, -0.2) is 31.9 Å². The summed E-state index contributed by atoms with van der Waals surface area (Å²) in [6.45, 7) is 4.88. The first-order valence-corrected chi connectivity index (χ1v) is 9.11. The Labute approximate surface area is 164 Å². The van der Waals surface area contributed by atoms with Crippen LogP contribution in [0.15, 0.2) is 47.6 Å². The Hall–Kier alpha value is -2.73. The highest BCUT2D eigenvalue weighted by Crippen LogP contribution is 2.28. The Morgan fingerprint density at radius 1 is 1.15 bits per heavy atom. The molecule has 0 aliphatic rings. The molecule has 0 saturated carbocycles. The molecule has 0 aliphatic carbocycles. The Balaban J connectivity index is 1.88. The van der Waals surface area contributed by atoms with Gasteiger partial charge < -0.3 is 19.6 Å². The van der Waals surface area contributed by atoms with Gasteiger partial charge >= 0.3 is 0 Å². The molecular formula is C20H23ClN2O4. The molecule has 2 rings (SSSR count). The zero-order chi connectivity index (χ0) is 19.5. The van der Waals surface area contributed by atoms with Gasteiger partial charge in [0.15, 0.2) is 18.1 Å². The van der Waals surface area contributed by atoms with Crippen LogP contribution in [0.1, 0.15) is 25.8 Å². The summed E-state index contributed by atoms with van der Waals surface area (Å²) in [5.41, 5.74) is 1.30. The maximum Gasteiger partial charge on any atom is 0.265 e. The lowest BCUT2D eigenvalue weighted by atomic mass is 10.2. The number of halogens is 1. The van der Waals surface area contributed by atoms with Crippen molar-refractivity contribution in [1.29, 1.82) is 0 Å². The average molecular weight is 391 g/mol. The molecular weight excluding hydrogens is 368 g/mol. The van der Waals surface area contributed by atoms with E-state index in [2.05, 4.69) is 10.5 Å². The van der Waals surface area contributed by atoms with Gasteiger partial charge in [-0.25, -0.2) is 0 Å². The third-order valence-electron chi connectivity index (χ3n) is 3.35. The Morgan fingerprint density at radius 2 is 1.96 bits per heavy atom. The fraction of sp³-hybridized carbons (Fsp3) is 0.300. The van der Waals surface area contributed by atoms with E-state index in [4.69, 9.17) is 25.9 Å². The molecule has 2 aromatic rings. The highest BCUT2D eigenvalue weighted by Gasteiger charge is 2.07. The summed E-state index contributed by atoms with van der Waals surface area (Å²) in [7, 11) is 0. The van der Waals surface area contributed by atoms with E-state index in [1.165, 1.54) is 6.21 Å². The van der Waals surface area contributed by atoms with Gasteiger partial charge in [0, 0.05) is 5.56 Å². The molecule has 0 aliphatic heterocycles. The first kappa shape index (κ1) is 20.6. The molecule has 0 aromatic heterocycles. The van der Waals surface area contributed by atoms with Crippen LogP contribution in [0.5, 0.6) is 11.5 Å². The molecule has 6 nitrogen and oxygen atoms in total. The fourth-order valence-corrected chi connectivity index (χ4v) is 2.33. The Bertz CT molecular complexity index is 780. The lowest BCUT2D eigenvalue weighted by molar-refractivity contribution is -0.120. The van der Waals surface area contributed by atoms with Crippen molar-refractivity contribution in [3.05, 3.63) is 53.1 Å². The van der Waals surface area contributed by atoms with E-state index in [1.54, 1.807) is 24.3 Å². The number of ether oxygens (including phenoxy) is 2. The lowest BCUT2D eigenvalue weighted by Crippen LogP contribution is -2.17. The minimum absolute atomic E-state index is 0.224. The third-order valence-corrected chi connectivity index (χ3v) is 3.68. The van der Waals surface area contributed by atoms with Gasteiger partial charge in [0.25, 0.3) is 5.91 Å². The summed E-state index contributed by atoms with van der Waals surface area (Å²) < 4.78 is 11.2. The number of carbonyl (C=O) groups is 1. The van der Waals surface area contributed by atoms with E-state index in [9.17, 15) is 4.79 Å². The molecule has 7 heteroatoms. The maximum absolute atomic E-state index is 11.9. The quantitative estimate of drug-likeness (QED) is 0.478. The number of nitrogens with one attached hydrogen (secondary N) is 1. The molecule has 27 heavy (non-hydrogen) atoms. The molecule has 0 bridgehead atoms. The first-order chi connectivity index (χ1) is 13.1. The monoisotopic (exact) mass is 390 g/mol. The van der Waals surface area contributed by atoms with Crippen LogP contribution in [0.3, 0.4) is 0 Å². The van der Waals surface area contributed by atoms with Gasteiger partial charge in [0.2, 0.25) is 0 Å². The van der Waals surface area contributed by atoms with E-state index in [0.29, 0.717) is 35.4 Å². The molecule has 2 aromatic carbocycles. The average Bonchev–Trinajstić information content (AvgIpc) is 2.66. The smallest absolute Gasteiger partial charge is 0.265 e. The standard InChI is InChI=1S/C20H23ClN2O4/c1-3-11-26-18-10-9-15(12-19(18)25-4-2)13-22-27-14-20(24)23-17-8-6-5-7-16(17)21/h5-10,12-13H,3-4,11,14H2,1-2H3,(H,23,24)/b22-13+. The van der Waals surface area contributed by atoms with Crippen molar-refractivity contribution in [2.75, 3.05) is 25.1 Å². The number of carbonyl (C=O) groups excluding carboxylic acids is 1. The molecule has 0 saturated heterocycles. The second kappa shape index (κ2) is 11.1. The van der Waals surface area contributed by atoms with Gasteiger partial charge in [-0.2, -0.15) is 0 Å². The van der Waals surface area contributed by atoms with E-state index < -0.39 is 0 Å². The predicted molar refractivity (Wildman–Crippen MR) is 107 cm³/mol. The number of para-hydroxylation sites is 1. The lowest BCUT2D eigenvalue weighted by Gasteiger charge is -2.11. The van der Waals surface area contributed by atoms with E-state index in [0.717, 1.165) is 12.0 Å². The maximum atomic E-state index is 11.9. The number of hydrogen-bond acceptors (Lipinski definition) is 5. The van der Waals surface area contributed by atoms with Crippen molar-refractivity contribution >= 4 is 29.4 Å². The molecule has 0 fully saturated rings. The van der Waals surface area contributed by atoms with Crippen LogP contribution >= 0.6 is 11.6 Å². The normalized spacial score (nSPS) is 10.6. The van der Waals surface area contributed by atoms with Gasteiger partial charge in [-0.15, -0.1) is 0 Å². The molecule has 1 N–H and O–H groups in total. The van der Waals surface area contributed by atoms with Crippen molar-refractivity contribution in [3.8, 4) is 11.5 Å². The number of amides is 1. The number of hydrogen-bond donors (Lipinski definition) is 1. The summed E-state index contributed by atoms with van der Waals surface area (Å²) in [4.78, 5) is 16.9. The van der Waals surface area contributed by atoms with Gasteiger partial charge in [-0.1, -0.05) is 35.8 Å². The third kappa shape index (κ3) is 6.83. The topological polar surface area (TPSA) is 69.2 Å².